The minimum Gasteiger partial charge on any atom is -0.278 e. The smallest absolute Gasteiger partial charge is 0.273 e. The van der Waals surface area contributed by atoms with Gasteiger partial charge in [-0.25, -0.2) is 17.8 Å². The molecule has 23 heavy (non-hydrogen) atoms. The lowest BCUT2D eigenvalue weighted by molar-refractivity contribution is 0.602. The molecule has 0 saturated heterocycles. The summed E-state index contributed by atoms with van der Waals surface area (Å²) >= 11 is 4.08. The molecule has 3 aromatic rings. The third-order valence-corrected chi connectivity index (χ3v) is 6.65. The van der Waals surface area contributed by atoms with E-state index >= 15 is 0 Å². The van der Waals surface area contributed by atoms with Gasteiger partial charge in [0.2, 0.25) is 0 Å². The fraction of sp³-hybridized carbons (Fsp3) is 0. The van der Waals surface area contributed by atoms with Crippen LogP contribution in [0.15, 0.2) is 63.4 Å². The van der Waals surface area contributed by atoms with E-state index in [0.717, 1.165) is 16.9 Å². The molecule has 0 aliphatic heterocycles. The number of halogens is 2. The maximum Gasteiger partial charge on any atom is 0.273 e. The number of sulfonamides is 1. The first-order valence-electron chi connectivity index (χ1n) is 6.45. The number of nitrogens with one attached hydrogen (secondary N) is 1. The standard InChI is InChI=1S/C15H10BrFN2O2S2/c16-14-11(17)7-4-8-12(14)19-23(20,21)13-9-18-15(22-13)10-5-2-1-3-6-10/h1-9,19H. The lowest BCUT2D eigenvalue weighted by atomic mass is 10.2. The molecule has 1 N–H and O–H groups in total. The predicted octanol–water partition coefficient (Wildman–Crippen LogP) is 4.51. The summed E-state index contributed by atoms with van der Waals surface area (Å²) in [6, 6.07) is 13.4. The molecule has 0 atom stereocenters. The Morgan fingerprint density at radius 1 is 1.09 bits per heavy atom. The van der Waals surface area contributed by atoms with Gasteiger partial charge in [0.25, 0.3) is 10.0 Å². The van der Waals surface area contributed by atoms with Gasteiger partial charge in [-0.15, -0.1) is 11.3 Å². The van der Waals surface area contributed by atoms with Gasteiger partial charge in [-0.3, -0.25) is 4.72 Å². The molecule has 1 aromatic heterocycles. The lowest BCUT2D eigenvalue weighted by Gasteiger charge is -2.08. The second-order valence-electron chi connectivity index (χ2n) is 4.56. The van der Waals surface area contributed by atoms with Crippen LogP contribution in [0.1, 0.15) is 0 Å². The van der Waals surface area contributed by atoms with Gasteiger partial charge in [0.05, 0.1) is 16.4 Å². The number of rotatable bonds is 4. The maximum atomic E-state index is 13.5. The average Bonchev–Trinajstić information content (AvgIpc) is 3.03. The van der Waals surface area contributed by atoms with Crippen LogP contribution in [0.25, 0.3) is 10.6 Å². The van der Waals surface area contributed by atoms with E-state index in [2.05, 4.69) is 25.6 Å². The van der Waals surface area contributed by atoms with Gasteiger partial charge in [-0.1, -0.05) is 36.4 Å². The van der Waals surface area contributed by atoms with Crippen molar-refractivity contribution >= 4 is 43.0 Å². The summed E-state index contributed by atoms with van der Waals surface area (Å²) in [4.78, 5) is 4.15. The monoisotopic (exact) mass is 412 g/mol. The van der Waals surface area contributed by atoms with Crippen LogP contribution in [0.5, 0.6) is 0 Å². The van der Waals surface area contributed by atoms with Crippen molar-refractivity contribution in [1.29, 1.82) is 0 Å². The van der Waals surface area contributed by atoms with Gasteiger partial charge in [-0.05, 0) is 28.1 Å². The van der Waals surface area contributed by atoms with Gasteiger partial charge in [-0.2, -0.15) is 0 Å². The van der Waals surface area contributed by atoms with E-state index in [9.17, 15) is 12.8 Å². The Hall–Kier alpha value is -1.77. The topological polar surface area (TPSA) is 59.1 Å². The third-order valence-electron chi connectivity index (χ3n) is 2.97. The summed E-state index contributed by atoms with van der Waals surface area (Å²) in [6.07, 6.45) is 1.29. The van der Waals surface area contributed by atoms with Crippen molar-refractivity contribution in [3.63, 3.8) is 0 Å². The highest BCUT2D eigenvalue weighted by Gasteiger charge is 2.20. The zero-order valence-electron chi connectivity index (χ0n) is 11.5. The molecule has 3 rings (SSSR count). The summed E-state index contributed by atoms with van der Waals surface area (Å²) in [6.45, 7) is 0. The van der Waals surface area contributed by atoms with Crippen molar-refractivity contribution in [2.24, 2.45) is 0 Å². The molecular formula is C15H10BrFN2O2S2. The number of thiazole rings is 1. The molecule has 0 spiro atoms. The molecule has 0 fully saturated rings. The van der Waals surface area contributed by atoms with Crippen LogP contribution in [0.2, 0.25) is 0 Å². The summed E-state index contributed by atoms with van der Waals surface area (Å²) in [7, 11) is -3.83. The Labute approximate surface area is 145 Å². The molecule has 0 radical (unpaired) electrons. The lowest BCUT2D eigenvalue weighted by Crippen LogP contribution is -2.12. The van der Waals surface area contributed by atoms with E-state index in [1.165, 1.54) is 24.4 Å². The molecule has 0 unspecified atom stereocenters. The highest BCUT2D eigenvalue weighted by molar-refractivity contribution is 9.10. The van der Waals surface area contributed by atoms with Crippen molar-refractivity contribution in [1.82, 2.24) is 4.98 Å². The normalized spacial score (nSPS) is 11.4. The van der Waals surface area contributed by atoms with Crippen LogP contribution in [0.4, 0.5) is 10.1 Å². The van der Waals surface area contributed by atoms with Crippen LogP contribution in [-0.4, -0.2) is 13.4 Å². The SMILES string of the molecule is O=S(=O)(Nc1cccc(F)c1Br)c1cnc(-c2ccccc2)s1. The minimum absolute atomic E-state index is 0.0625. The van der Waals surface area contributed by atoms with Crippen molar-refractivity contribution in [3.05, 3.63) is 65.0 Å². The first-order valence-corrected chi connectivity index (χ1v) is 9.55. The molecule has 2 aromatic carbocycles. The second-order valence-corrected chi connectivity index (χ2v) is 8.29. The van der Waals surface area contributed by atoms with Gasteiger partial charge in [0, 0.05) is 5.56 Å². The fourth-order valence-corrected chi connectivity index (χ4v) is 4.58. The summed E-state index contributed by atoms with van der Waals surface area (Å²) in [5, 5.41) is 0.601. The third kappa shape index (κ3) is 3.44. The predicted molar refractivity (Wildman–Crippen MR) is 92.5 cm³/mol. The molecule has 8 heteroatoms. The molecule has 118 valence electrons. The van der Waals surface area contributed by atoms with E-state index in [1.54, 1.807) is 0 Å². The minimum atomic E-state index is -3.83. The number of hydrogen-bond acceptors (Lipinski definition) is 4. The first-order chi connectivity index (χ1) is 11.0. The number of nitrogens with zero attached hydrogens (tertiary/aromatic N) is 1. The number of hydrogen-bond donors (Lipinski definition) is 1. The zero-order valence-corrected chi connectivity index (χ0v) is 14.8. The number of anilines is 1. The van der Waals surface area contributed by atoms with Crippen LogP contribution in [0, 0.1) is 5.82 Å². The van der Waals surface area contributed by atoms with Crippen LogP contribution < -0.4 is 4.72 Å². The summed E-state index contributed by atoms with van der Waals surface area (Å²) < 4.78 is 40.8. The van der Waals surface area contributed by atoms with E-state index in [1.807, 2.05) is 30.3 Å². The molecular weight excluding hydrogens is 403 g/mol. The zero-order chi connectivity index (χ0) is 16.4. The fourth-order valence-electron chi connectivity index (χ4n) is 1.88. The van der Waals surface area contributed by atoms with Crippen LogP contribution in [0.3, 0.4) is 0 Å². The number of benzene rings is 2. The van der Waals surface area contributed by atoms with Crippen molar-refractivity contribution in [2.75, 3.05) is 4.72 Å². The Morgan fingerprint density at radius 2 is 1.83 bits per heavy atom. The highest BCUT2D eigenvalue weighted by Crippen LogP contribution is 2.31. The Kier molecular flexibility index (Phi) is 4.47. The average molecular weight is 413 g/mol. The molecule has 0 amide bonds. The molecule has 0 saturated carbocycles. The van der Waals surface area contributed by atoms with Crippen molar-refractivity contribution < 1.29 is 12.8 Å². The molecule has 0 bridgehead atoms. The largest absolute Gasteiger partial charge is 0.278 e. The van der Waals surface area contributed by atoms with E-state index in [-0.39, 0.29) is 14.4 Å². The molecule has 4 nitrogen and oxygen atoms in total. The Morgan fingerprint density at radius 3 is 2.57 bits per heavy atom. The van der Waals surface area contributed by atoms with Gasteiger partial charge in [0.1, 0.15) is 10.8 Å². The second kappa shape index (κ2) is 6.38. The van der Waals surface area contributed by atoms with E-state index in [0.29, 0.717) is 5.01 Å². The van der Waals surface area contributed by atoms with E-state index in [4.69, 9.17) is 0 Å². The Bertz CT molecular complexity index is 943. The van der Waals surface area contributed by atoms with Crippen LogP contribution in [-0.2, 0) is 10.0 Å². The van der Waals surface area contributed by atoms with Crippen LogP contribution >= 0.6 is 27.3 Å². The van der Waals surface area contributed by atoms with Gasteiger partial charge in [0.15, 0.2) is 4.21 Å². The quantitative estimate of drug-likeness (QED) is 0.685. The highest BCUT2D eigenvalue weighted by atomic mass is 79.9. The first kappa shape index (κ1) is 16.1. The van der Waals surface area contributed by atoms with Crippen molar-refractivity contribution in [2.45, 2.75) is 4.21 Å². The molecule has 0 aliphatic carbocycles. The summed E-state index contributed by atoms with van der Waals surface area (Å²) in [5.41, 5.74) is 0.977. The number of aromatic nitrogens is 1. The van der Waals surface area contributed by atoms with Gasteiger partial charge >= 0.3 is 0 Å². The molecule has 0 aliphatic rings. The maximum absolute atomic E-state index is 13.5. The van der Waals surface area contributed by atoms with E-state index < -0.39 is 15.8 Å². The van der Waals surface area contributed by atoms with Crippen molar-refractivity contribution in [3.8, 4) is 10.6 Å². The van der Waals surface area contributed by atoms with Gasteiger partial charge < -0.3 is 0 Å². The summed E-state index contributed by atoms with van der Waals surface area (Å²) in [5.74, 6) is -0.542. The molecule has 1 heterocycles. The Balaban J connectivity index is 1.92.